The van der Waals surface area contributed by atoms with Crippen molar-refractivity contribution in [3.63, 3.8) is 0 Å². The van der Waals surface area contributed by atoms with Gasteiger partial charge >= 0.3 is 0 Å². The molecule has 29 heavy (non-hydrogen) atoms. The number of carbonyl (C=O) groups is 1. The number of aromatic nitrogens is 2. The van der Waals surface area contributed by atoms with Crippen molar-refractivity contribution in [1.29, 1.82) is 0 Å². The molecule has 144 valence electrons. The van der Waals surface area contributed by atoms with Crippen molar-refractivity contribution in [2.24, 2.45) is 0 Å². The number of amides is 1. The summed E-state index contributed by atoms with van der Waals surface area (Å²) in [6.07, 6.45) is 3.65. The Morgan fingerprint density at radius 1 is 1.07 bits per heavy atom. The van der Waals surface area contributed by atoms with Crippen LogP contribution in [-0.4, -0.2) is 15.9 Å². The lowest BCUT2D eigenvalue weighted by molar-refractivity contribution is 0.0966. The fourth-order valence-electron chi connectivity index (χ4n) is 3.83. The first-order valence-electron chi connectivity index (χ1n) is 9.50. The van der Waals surface area contributed by atoms with E-state index in [0.717, 1.165) is 46.4 Å². The Morgan fingerprint density at radius 2 is 1.97 bits per heavy atom. The predicted molar refractivity (Wildman–Crippen MR) is 115 cm³/mol. The van der Waals surface area contributed by atoms with E-state index in [4.69, 9.17) is 11.6 Å². The predicted octanol–water partition coefficient (Wildman–Crippen LogP) is 4.42. The van der Waals surface area contributed by atoms with Gasteiger partial charge in [-0.1, -0.05) is 29.8 Å². The summed E-state index contributed by atoms with van der Waals surface area (Å²) in [5.41, 5.74) is 6.74. The molecule has 1 aliphatic heterocycles. The molecule has 0 fully saturated rings. The number of hydrogen-bond donors (Lipinski definition) is 3. The van der Waals surface area contributed by atoms with E-state index in [1.165, 1.54) is 5.56 Å². The van der Waals surface area contributed by atoms with Gasteiger partial charge in [0.15, 0.2) is 0 Å². The minimum absolute atomic E-state index is 0.0727. The summed E-state index contributed by atoms with van der Waals surface area (Å²) < 4.78 is 0. The van der Waals surface area contributed by atoms with Crippen LogP contribution in [0, 0.1) is 0 Å². The second-order valence-corrected chi connectivity index (χ2v) is 7.61. The first kappa shape index (κ1) is 17.9. The minimum Gasteiger partial charge on any atom is -0.355 e. The molecule has 0 unspecified atom stereocenters. The van der Waals surface area contributed by atoms with Gasteiger partial charge < -0.3 is 15.6 Å². The Bertz CT molecular complexity index is 1220. The van der Waals surface area contributed by atoms with Gasteiger partial charge in [0.25, 0.3) is 5.91 Å². The third-order valence-electron chi connectivity index (χ3n) is 5.26. The number of halogens is 1. The number of rotatable bonds is 5. The molecule has 0 radical (unpaired) electrons. The second-order valence-electron chi connectivity index (χ2n) is 7.20. The number of carbonyl (C=O) groups excluding carboxylic acids is 1. The van der Waals surface area contributed by atoms with Gasteiger partial charge in [0.05, 0.1) is 5.56 Å². The maximum absolute atomic E-state index is 12.3. The first-order chi connectivity index (χ1) is 14.2. The largest absolute Gasteiger partial charge is 0.355 e. The summed E-state index contributed by atoms with van der Waals surface area (Å²) in [6.45, 7) is 2.02. The lowest BCUT2D eigenvalue weighted by atomic mass is 10.0. The smallest absolute Gasteiger partial charge is 0.252 e. The normalized spacial score (nSPS) is 12.9. The number of hydrogen-bond acceptors (Lipinski definition) is 3. The molecule has 0 saturated heterocycles. The third kappa shape index (κ3) is 3.39. The zero-order chi connectivity index (χ0) is 19.8. The maximum Gasteiger partial charge on any atom is 0.252 e. The molecule has 5 nitrogen and oxygen atoms in total. The molecule has 0 spiro atoms. The van der Waals surface area contributed by atoms with Crippen LogP contribution in [0.5, 0.6) is 0 Å². The molecule has 6 heteroatoms. The van der Waals surface area contributed by atoms with Crippen molar-refractivity contribution in [2.75, 3.05) is 0 Å². The average molecular weight is 403 g/mol. The molecule has 4 aromatic rings. The van der Waals surface area contributed by atoms with Crippen molar-refractivity contribution in [3.8, 4) is 11.3 Å². The third-order valence-corrected chi connectivity index (χ3v) is 5.62. The highest BCUT2D eigenvalue weighted by molar-refractivity contribution is 6.32. The molecule has 0 bridgehead atoms. The summed E-state index contributed by atoms with van der Waals surface area (Å²) in [6, 6.07) is 16.2. The van der Waals surface area contributed by atoms with Gasteiger partial charge in [0.1, 0.15) is 0 Å². The molecule has 2 aromatic carbocycles. The molecule has 3 N–H and O–H groups in total. The van der Waals surface area contributed by atoms with Crippen molar-refractivity contribution in [3.05, 3.63) is 88.2 Å². The van der Waals surface area contributed by atoms with Crippen LogP contribution in [-0.2, 0) is 19.6 Å². The Hall–Kier alpha value is -3.15. The highest BCUT2D eigenvalue weighted by Gasteiger charge is 2.26. The van der Waals surface area contributed by atoms with Crippen molar-refractivity contribution < 1.29 is 4.79 Å². The van der Waals surface area contributed by atoms with E-state index in [9.17, 15) is 4.79 Å². The summed E-state index contributed by atoms with van der Waals surface area (Å²) in [4.78, 5) is 19.9. The van der Waals surface area contributed by atoms with Crippen LogP contribution in [0.4, 0.5) is 0 Å². The van der Waals surface area contributed by atoms with E-state index < -0.39 is 0 Å². The topological polar surface area (TPSA) is 69.8 Å². The number of nitrogens with zero attached hydrogens (tertiary/aromatic N) is 1. The van der Waals surface area contributed by atoms with Crippen LogP contribution in [0.3, 0.4) is 0 Å². The second kappa shape index (κ2) is 7.35. The maximum atomic E-state index is 12.3. The highest BCUT2D eigenvalue weighted by Crippen LogP contribution is 2.34. The van der Waals surface area contributed by atoms with E-state index in [1.54, 1.807) is 6.20 Å². The summed E-state index contributed by atoms with van der Waals surface area (Å²) in [5, 5.41) is 8.05. The molecule has 1 amide bonds. The molecule has 5 rings (SSSR count). The Kier molecular flexibility index (Phi) is 4.54. The molecule has 2 aromatic heterocycles. The van der Waals surface area contributed by atoms with Crippen molar-refractivity contribution in [1.82, 2.24) is 20.6 Å². The van der Waals surface area contributed by atoms with Crippen molar-refractivity contribution in [2.45, 2.75) is 19.6 Å². The van der Waals surface area contributed by atoms with Gasteiger partial charge in [-0.2, -0.15) is 0 Å². The number of benzene rings is 2. The average Bonchev–Trinajstić information content (AvgIpc) is 3.33. The van der Waals surface area contributed by atoms with Crippen molar-refractivity contribution >= 4 is 28.4 Å². The SMILES string of the molecule is O=C1NCc2c(Cl)ccc(-c3cc4cc(CNCc5cccnc5)ccc4[nH]3)c21. The molecular weight excluding hydrogens is 384 g/mol. The summed E-state index contributed by atoms with van der Waals surface area (Å²) in [5.74, 6) is -0.0727. The van der Waals surface area contributed by atoms with Gasteiger partial charge in [0, 0.05) is 64.8 Å². The van der Waals surface area contributed by atoms with Crippen LogP contribution < -0.4 is 10.6 Å². The Balaban J connectivity index is 1.41. The zero-order valence-electron chi connectivity index (χ0n) is 15.6. The van der Waals surface area contributed by atoms with Gasteiger partial charge in [0.2, 0.25) is 0 Å². The molecule has 3 heterocycles. The summed E-state index contributed by atoms with van der Waals surface area (Å²) in [7, 11) is 0. The molecule has 1 aliphatic rings. The zero-order valence-corrected chi connectivity index (χ0v) is 16.4. The quantitative estimate of drug-likeness (QED) is 0.463. The monoisotopic (exact) mass is 402 g/mol. The lowest BCUT2D eigenvalue weighted by Crippen LogP contribution is -2.13. The Morgan fingerprint density at radius 3 is 2.83 bits per heavy atom. The standard InChI is InChI=1S/C23H19ClN4O/c24-19-5-4-17(22-18(19)13-27-23(22)29)21-9-16-8-14(3-6-20(16)28-21)10-26-12-15-2-1-7-25-11-15/h1-9,11,26,28H,10,12-13H2,(H,27,29). The van der Waals surface area contributed by atoms with Gasteiger partial charge in [-0.05, 0) is 41.5 Å². The first-order valence-corrected chi connectivity index (χ1v) is 9.88. The van der Waals surface area contributed by atoms with Crippen LogP contribution in [0.1, 0.15) is 27.0 Å². The fraction of sp³-hybridized carbons (Fsp3) is 0.130. The molecular formula is C23H19ClN4O. The van der Waals surface area contributed by atoms with Crippen LogP contribution in [0.25, 0.3) is 22.2 Å². The van der Waals surface area contributed by atoms with Gasteiger partial charge in [-0.15, -0.1) is 0 Å². The molecule has 0 aliphatic carbocycles. The van der Waals surface area contributed by atoms with E-state index in [1.807, 2.05) is 24.4 Å². The molecule has 0 saturated carbocycles. The summed E-state index contributed by atoms with van der Waals surface area (Å²) >= 11 is 6.27. The van der Waals surface area contributed by atoms with E-state index >= 15 is 0 Å². The molecule has 0 atom stereocenters. The van der Waals surface area contributed by atoms with E-state index in [-0.39, 0.29) is 5.91 Å². The minimum atomic E-state index is -0.0727. The highest BCUT2D eigenvalue weighted by atomic mass is 35.5. The van der Waals surface area contributed by atoms with E-state index in [0.29, 0.717) is 17.1 Å². The van der Waals surface area contributed by atoms with Crippen LogP contribution in [0.2, 0.25) is 5.02 Å². The lowest BCUT2D eigenvalue weighted by Gasteiger charge is -2.06. The van der Waals surface area contributed by atoms with Gasteiger partial charge in [-0.25, -0.2) is 0 Å². The number of pyridine rings is 1. The van der Waals surface area contributed by atoms with Gasteiger partial charge in [-0.3, -0.25) is 9.78 Å². The number of aromatic amines is 1. The number of H-pyrrole nitrogens is 1. The van der Waals surface area contributed by atoms with Crippen LogP contribution >= 0.6 is 11.6 Å². The number of fused-ring (bicyclic) bond motifs is 2. The number of nitrogens with one attached hydrogen (secondary N) is 3. The van der Waals surface area contributed by atoms with Crippen LogP contribution in [0.15, 0.2) is 60.9 Å². The Labute approximate surface area is 173 Å². The van der Waals surface area contributed by atoms with E-state index in [2.05, 4.69) is 50.9 Å². The fourth-order valence-corrected chi connectivity index (χ4v) is 4.05.